The summed E-state index contributed by atoms with van der Waals surface area (Å²) in [6.07, 6.45) is 1.70. The predicted octanol–water partition coefficient (Wildman–Crippen LogP) is 3.20. The van der Waals surface area contributed by atoms with Gasteiger partial charge in [0.25, 0.3) is 5.56 Å². The number of hydrogen-bond acceptors (Lipinski definition) is 6. The van der Waals surface area contributed by atoms with Gasteiger partial charge in [0, 0.05) is 44.4 Å². The number of amides is 1. The van der Waals surface area contributed by atoms with Crippen molar-refractivity contribution in [3.63, 3.8) is 0 Å². The van der Waals surface area contributed by atoms with E-state index in [0.29, 0.717) is 49.1 Å². The zero-order valence-electron chi connectivity index (χ0n) is 17.1. The fourth-order valence-corrected chi connectivity index (χ4v) is 4.88. The maximum atomic E-state index is 12.7. The minimum atomic E-state index is -0.127. The van der Waals surface area contributed by atoms with Crippen molar-refractivity contribution in [2.75, 3.05) is 31.1 Å². The average molecular weight is 434 g/mol. The molecule has 5 rings (SSSR count). The molecule has 1 saturated heterocycles. The van der Waals surface area contributed by atoms with Crippen molar-refractivity contribution in [2.24, 2.45) is 0 Å². The Bertz CT molecular complexity index is 1290. The number of aromatic amines is 1. The first-order valence-corrected chi connectivity index (χ1v) is 11.3. The monoisotopic (exact) mass is 433 g/mol. The molecule has 0 spiro atoms. The van der Waals surface area contributed by atoms with E-state index in [0.717, 1.165) is 18.9 Å². The van der Waals surface area contributed by atoms with Gasteiger partial charge < -0.3 is 14.8 Å². The molecular weight excluding hydrogens is 410 g/mol. The molecule has 1 aliphatic heterocycles. The van der Waals surface area contributed by atoms with Crippen LogP contribution in [0.5, 0.6) is 0 Å². The predicted molar refractivity (Wildman–Crippen MR) is 124 cm³/mol. The topological polar surface area (TPSA) is 82.2 Å². The molecule has 0 atom stereocenters. The maximum Gasteiger partial charge on any atom is 0.258 e. The number of carbonyl (C=O) groups is 1. The van der Waals surface area contributed by atoms with Crippen LogP contribution in [-0.4, -0.2) is 51.3 Å². The Balaban J connectivity index is 1.15. The third kappa shape index (κ3) is 4.03. The van der Waals surface area contributed by atoms with E-state index in [1.54, 1.807) is 6.07 Å². The number of anilines is 1. The van der Waals surface area contributed by atoms with E-state index in [1.165, 1.54) is 21.6 Å². The van der Waals surface area contributed by atoms with Crippen molar-refractivity contribution in [3.8, 4) is 0 Å². The molecule has 4 aromatic rings. The van der Waals surface area contributed by atoms with Crippen LogP contribution in [0.25, 0.3) is 21.0 Å². The second-order valence-corrected chi connectivity index (χ2v) is 8.56. The lowest BCUT2D eigenvalue weighted by molar-refractivity contribution is -0.131. The second kappa shape index (κ2) is 8.47. The molecule has 1 amide bonds. The van der Waals surface area contributed by atoms with E-state index in [9.17, 15) is 9.59 Å². The van der Waals surface area contributed by atoms with Crippen LogP contribution in [0.2, 0.25) is 0 Å². The molecule has 0 aliphatic carbocycles. The number of carbonyl (C=O) groups excluding carboxylic acids is 1. The SMILES string of the molecule is O=C(CCCc1nc2ccccc2c(=O)[nH]1)N1CCN(c2nsc3ccccc23)CC1. The van der Waals surface area contributed by atoms with Crippen LogP contribution in [0.4, 0.5) is 5.82 Å². The molecule has 31 heavy (non-hydrogen) atoms. The molecular formula is C23H23N5O2S. The Hall–Kier alpha value is -3.26. The Morgan fingerprint density at radius 2 is 1.74 bits per heavy atom. The van der Waals surface area contributed by atoms with Crippen LogP contribution in [-0.2, 0) is 11.2 Å². The van der Waals surface area contributed by atoms with Crippen molar-refractivity contribution >= 4 is 44.2 Å². The zero-order chi connectivity index (χ0) is 21.2. The number of piperazine rings is 1. The van der Waals surface area contributed by atoms with Gasteiger partial charge in [-0.15, -0.1) is 0 Å². The van der Waals surface area contributed by atoms with Crippen LogP contribution in [0.3, 0.4) is 0 Å². The number of fused-ring (bicyclic) bond motifs is 2. The standard InChI is InChI=1S/C23H23N5O2S/c29-21(11-5-10-20-24-18-8-3-1-6-16(18)23(30)25-20)27-12-14-28(15-13-27)22-17-7-2-4-9-19(17)31-26-22/h1-4,6-9H,5,10-15H2,(H,24,25,30). The molecule has 2 aromatic carbocycles. The molecule has 1 aliphatic rings. The molecule has 0 saturated carbocycles. The van der Waals surface area contributed by atoms with Gasteiger partial charge in [0.05, 0.1) is 15.6 Å². The molecule has 3 heterocycles. The third-order valence-corrected chi connectivity index (χ3v) is 6.57. The van der Waals surface area contributed by atoms with Crippen molar-refractivity contribution < 1.29 is 4.79 Å². The Labute approximate surface area is 183 Å². The minimum absolute atomic E-state index is 0.127. The van der Waals surface area contributed by atoms with Crippen LogP contribution in [0.1, 0.15) is 18.7 Å². The summed E-state index contributed by atoms with van der Waals surface area (Å²) in [5.74, 6) is 1.82. The molecule has 8 heteroatoms. The molecule has 7 nitrogen and oxygen atoms in total. The third-order valence-electron chi connectivity index (χ3n) is 5.76. The summed E-state index contributed by atoms with van der Waals surface area (Å²) in [5, 5.41) is 1.78. The number of nitrogens with zero attached hydrogens (tertiary/aromatic N) is 4. The Kier molecular flexibility index (Phi) is 5.38. The van der Waals surface area contributed by atoms with Gasteiger partial charge in [-0.2, -0.15) is 4.37 Å². The van der Waals surface area contributed by atoms with E-state index >= 15 is 0 Å². The molecule has 1 N–H and O–H groups in total. The molecule has 2 aromatic heterocycles. The van der Waals surface area contributed by atoms with E-state index in [1.807, 2.05) is 35.2 Å². The summed E-state index contributed by atoms with van der Waals surface area (Å²) >= 11 is 1.52. The first-order valence-electron chi connectivity index (χ1n) is 10.5. The van der Waals surface area contributed by atoms with E-state index in [2.05, 4.69) is 31.4 Å². The molecule has 0 unspecified atom stereocenters. The lowest BCUT2D eigenvalue weighted by Crippen LogP contribution is -2.48. The fraction of sp³-hybridized carbons (Fsp3) is 0.304. The normalized spacial score (nSPS) is 14.5. The number of benzene rings is 2. The summed E-state index contributed by atoms with van der Waals surface area (Å²) in [5.41, 5.74) is 0.566. The van der Waals surface area contributed by atoms with Gasteiger partial charge in [-0.05, 0) is 42.2 Å². The van der Waals surface area contributed by atoms with Gasteiger partial charge in [0.2, 0.25) is 5.91 Å². The highest BCUT2D eigenvalue weighted by atomic mass is 32.1. The minimum Gasteiger partial charge on any atom is -0.352 e. The smallest absolute Gasteiger partial charge is 0.258 e. The van der Waals surface area contributed by atoms with E-state index in [4.69, 9.17) is 0 Å². The second-order valence-electron chi connectivity index (χ2n) is 7.75. The number of H-pyrrole nitrogens is 1. The molecule has 0 radical (unpaired) electrons. The van der Waals surface area contributed by atoms with E-state index < -0.39 is 0 Å². The highest BCUT2D eigenvalue weighted by Crippen LogP contribution is 2.29. The van der Waals surface area contributed by atoms with Crippen molar-refractivity contribution in [1.29, 1.82) is 0 Å². The fourth-order valence-electron chi connectivity index (χ4n) is 4.09. The largest absolute Gasteiger partial charge is 0.352 e. The molecule has 1 fully saturated rings. The Morgan fingerprint density at radius 3 is 2.58 bits per heavy atom. The van der Waals surface area contributed by atoms with Crippen molar-refractivity contribution in [3.05, 3.63) is 64.7 Å². The highest BCUT2D eigenvalue weighted by molar-refractivity contribution is 7.13. The van der Waals surface area contributed by atoms with Crippen LogP contribution in [0.15, 0.2) is 53.3 Å². The summed E-state index contributed by atoms with van der Waals surface area (Å²) in [4.78, 5) is 36.4. The van der Waals surface area contributed by atoms with Crippen LogP contribution in [0, 0.1) is 0 Å². The van der Waals surface area contributed by atoms with Crippen LogP contribution >= 0.6 is 11.5 Å². The van der Waals surface area contributed by atoms with Gasteiger partial charge in [-0.1, -0.05) is 24.3 Å². The number of para-hydroxylation sites is 1. The number of aryl methyl sites for hydroxylation is 1. The average Bonchev–Trinajstić information content (AvgIpc) is 3.23. The van der Waals surface area contributed by atoms with Gasteiger partial charge in [0.15, 0.2) is 0 Å². The lowest BCUT2D eigenvalue weighted by atomic mass is 10.2. The van der Waals surface area contributed by atoms with E-state index in [-0.39, 0.29) is 11.5 Å². The number of aromatic nitrogens is 3. The summed E-state index contributed by atoms with van der Waals surface area (Å²) < 4.78 is 5.82. The number of nitrogens with one attached hydrogen (secondary N) is 1. The maximum absolute atomic E-state index is 12.7. The van der Waals surface area contributed by atoms with Crippen molar-refractivity contribution in [2.45, 2.75) is 19.3 Å². The van der Waals surface area contributed by atoms with Gasteiger partial charge in [0.1, 0.15) is 11.6 Å². The first-order chi connectivity index (χ1) is 15.2. The zero-order valence-corrected chi connectivity index (χ0v) is 17.9. The summed E-state index contributed by atoms with van der Waals surface area (Å²) in [6, 6.07) is 15.6. The number of hydrogen-bond donors (Lipinski definition) is 1. The molecule has 158 valence electrons. The number of rotatable bonds is 5. The van der Waals surface area contributed by atoms with Crippen LogP contribution < -0.4 is 10.5 Å². The van der Waals surface area contributed by atoms with Gasteiger partial charge in [-0.3, -0.25) is 9.59 Å². The quantitative estimate of drug-likeness (QED) is 0.523. The van der Waals surface area contributed by atoms with Crippen molar-refractivity contribution in [1.82, 2.24) is 19.2 Å². The summed E-state index contributed by atoms with van der Waals surface area (Å²) in [6.45, 7) is 2.99. The summed E-state index contributed by atoms with van der Waals surface area (Å²) in [7, 11) is 0. The lowest BCUT2D eigenvalue weighted by Gasteiger charge is -2.35. The first kappa shape index (κ1) is 19.7. The highest BCUT2D eigenvalue weighted by Gasteiger charge is 2.23. The molecule has 0 bridgehead atoms. The van der Waals surface area contributed by atoms with Gasteiger partial charge in [-0.25, -0.2) is 4.98 Å². The Morgan fingerprint density at radius 1 is 1.00 bits per heavy atom. The van der Waals surface area contributed by atoms with Gasteiger partial charge >= 0.3 is 0 Å².